The van der Waals surface area contributed by atoms with Gasteiger partial charge in [-0.25, -0.2) is 0 Å². The molecule has 0 unspecified atom stereocenters. The van der Waals surface area contributed by atoms with E-state index in [4.69, 9.17) is 5.11 Å². The van der Waals surface area contributed by atoms with Crippen LogP contribution in [0.2, 0.25) is 0 Å². The third-order valence-electron chi connectivity index (χ3n) is 1.81. The van der Waals surface area contributed by atoms with Crippen LogP contribution < -0.4 is 0 Å². The van der Waals surface area contributed by atoms with E-state index in [1.165, 1.54) is 11.3 Å². The van der Waals surface area contributed by atoms with Crippen molar-refractivity contribution in [3.63, 3.8) is 0 Å². The summed E-state index contributed by atoms with van der Waals surface area (Å²) in [6.45, 7) is -0.0447. The van der Waals surface area contributed by atoms with Crippen LogP contribution in [0.25, 0.3) is 10.1 Å². The lowest BCUT2D eigenvalue weighted by Crippen LogP contribution is -1.81. The monoisotopic (exact) mass is 258 g/mol. The molecule has 0 bridgehead atoms. The number of fused-ring (bicyclic) bond motifs is 1. The Bertz CT molecular complexity index is 450. The van der Waals surface area contributed by atoms with Gasteiger partial charge in [-0.3, -0.25) is 0 Å². The van der Waals surface area contributed by atoms with Crippen LogP contribution in [-0.4, -0.2) is 10.2 Å². The Labute approximate surface area is 87.6 Å². The number of aliphatic hydroxyl groups excluding tert-OH is 1. The van der Waals surface area contributed by atoms with Crippen LogP contribution in [0, 0.1) is 0 Å². The molecule has 1 heterocycles. The molecule has 0 radical (unpaired) electrons. The van der Waals surface area contributed by atoms with Gasteiger partial charge in [-0.05, 0) is 45.1 Å². The first kappa shape index (κ1) is 8.99. The number of phenolic OH excluding ortho intramolecular Hbond substituents is 1. The zero-order valence-electron chi connectivity index (χ0n) is 6.62. The molecule has 1 aromatic carbocycles. The lowest BCUT2D eigenvalue weighted by atomic mass is 10.1. The summed E-state index contributed by atoms with van der Waals surface area (Å²) in [5, 5.41) is 19.4. The minimum atomic E-state index is -0.0447. The average Bonchev–Trinajstić information content (AvgIpc) is 2.46. The average molecular weight is 259 g/mol. The van der Waals surface area contributed by atoms with Gasteiger partial charge in [-0.2, -0.15) is 0 Å². The van der Waals surface area contributed by atoms with E-state index in [9.17, 15) is 5.11 Å². The largest absolute Gasteiger partial charge is 0.506 e. The number of thiophene rings is 1. The molecule has 0 saturated carbocycles. The number of benzene rings is 1. The molecule has 0 aliphatic heterocycles. The number of hydrogen-bond donors (Lipinski definition) is 2. The standard InChI is InChI=1S/C9H7BrO2S/c10-8-3-6-1-5(4-11)2-7(12)9(6)13-8/h1-3,11-12H,4H2. The van der Waals surface area contributed by atoms with Crippen LogP contribution in [0.5, 0.6) is 5.75 Å². The lowest BCUT2D eigenvalue weighted by Gasteiger charge is -1.98. The Morgan fingerprint density at radius 1 is 1.31 bits per heavy atom. The van der Waals surface area contributed by atoms with E-state index in [2.05, 4.69) is 15.9 Å². The fourth-order valence-electron chi connectivity index (χ4n) is 1.25. The molecule has 2 rings (SSSR count). The van der Waals surface area contributed by atoms with Gasteiger partial charge in [0.1, 0.15) is 5.75 Å². The quantitative estimate of drug-likeness (QED) is 0.826. The van der Waals surface area contributed by atoms with Crippen LogP contribution in [0.1, 0.15) is 5.56 Å². The number of phenols is 1. The molecule has 0 saturated heterocycles. The van der Waals surface area contributed by atoms with Crippen molar-refractivity contribution < 1.29 is 10.2 Å². The van der Waals surface area contributed by atoms with E-state index < -0.39 is 0 Å². The molecule has 2 aromatic rings. The summed E-state index contributed by atoms with van der Waals surface area (Å²) in [5.41, 5.74) is 0.732. The summed E-state index contributed by atoms with van der Waals surface area (Å²) in [6, 6.07) is 5.39. The predicted molar refractivity (Wildman–Crippen MR) is 57.1 cm³/mol. The smallest absolute Gasteiger partial charge is 0.133 e. The highest BCUT2D eigenvalue weighted by atomic mass is 79.9. The summed E-state index contributed by atoms with van der Waals surface area (Å²) < 4.78 is 1.83. The molecule has 0 aliphatic rings. The Hall–Kier alpha value is -0.580. The van der Waals surface area contributed by atoms with Crippen LogP contribution in [0.3, 0.4) is 0 Å². The van der Waals surface area contributed by atoms with Crippen LogP contribution in [-0.2, 0) is 6.61 Å². The molecule has 1 aromatic heterocycles. The summed E-state index contributed by atoms with van der Waals surface area (Å²) in [5.74, 6) is 0.234. The molecule has 0 atom stereocenters. The SMILES string of the molecule is OCc1cc(O)c2sc(Br)cc2c1. The van der Waals surface area contributed by atoms with E-state index in [0.29, 0.717) is 0 Å². The third kappa shape index (κ3) is 1.57. The van der Waals surface area contributed by atoms with E-state index in [0.717, 1.165) is 19.4 Å². The zero-order chi connectivity index (χ0) is 9.42. The molecule has 0 aliphatic carbocycles. The third-order valence-corrected chi connectivity index (χ3v) is 3.49. The van der Waals surface area contributed by atoms with Crippen molar-refractivity contribution >= 4 is 37.4 Å². The van der Waals surface area contributed by atoms with Crippen LogP contribution >= 0.6 is 27.3 Å². The lowest BCUT2D eigenvalue weighted by molar-refractivity contribution is 0.281. The van der Waals surface area contributed by atoms with E-state index in [-0.39, 0.29) is 12.4 Å². The summed E-state index contributed by atoms with van der Waals surface area (Å²) in [7, 11) is 0. The molecule has 2 N–H and O–H groups in total. The summed E-state index contributed by atoms with van der Waals surface area (Å²) in [6.07, 6.45) is 0. The minimum Gasteiger partial charge on any atom is -0.506 e. The van der Waals surface area contributed by atoms with Crippen molar-refractivity contribution in [1.82, 2.24) is 0 Å². The number of halogens is 1. The van der Waals surface area contributed by atoms with Crippen molar-refractivity contribution in [3.05, 3.63) is 27.5 Å². The Balaban J connectivity index is 2.75. The van der Waals surface area contributed by atoms with Crippen molar-refractivity contribution in [2.24, 2.45) is 0 Å². The van der Waals surface area contributed by atoms with E-state index >= 15 is 0 Å². The Kier molecular flexibility index (Phi) is 2.27. The predicted octanol–water partition coefficient (Wildman–Crippen LogP) is 2.86. The van der Waals surface area contributed by atoms with Crippen molar-refractivity contribution in [2.75, 3.05) is 0 Å². The van der Waals surface area contributed by atoms with Gasteiger partial charge in [-0.1, -0.05) is 0 Å². The van der Waals surface area contributed by atoms with E-state index in [1.54, 1.807) is 6.07 Å². The summed E-state index contributed by atoms with van der Waals surface area (Å²) >= 11 is 4.83. The highest BCUT2D eigenvalue weighted by Crippen LogP contribution is 2.36. The molecule has 2 nitrogen and oxygen atoms in total. The molecular weight excluding hydrogens is 252 g/mol. The first-order valence-electron chi connectivity index (χ1n) is 3.72. The van der Waals surface area contributed by atoms with Gasteiger partial charge in [0.2, 0.25) is 0 Å². The van der Waals surface area contributed by atoms with E-state index in [1.807, 2.05) is 12.1 Å². The zero-order valence-corrected chi connectivity index (χ0v) is 9.02. The second-order valence-electron chi connectivity index (χ2n) is 2.74. The highest BCUT2D eigenvalue weighted by molar-refractivity contribution is 9.11. The second kappa shape index (κ2) is 3.29. The number of rotatable bonds is 1. The maximum atomic E-state index is 9.57. The van der Waals surface area contributed by atoms with Crippen molar-refractivity contribution in [2.45, 2.75) is 6.61 Å². The van der Waals surface area contributed by atoms with Gasteiger partial charge in [0.15, 0.2) is 0 Å². The molecule has 0 spiro atoms. The Morgan fingerprint density at radius 2 is 2.08 bits per heavy atom. The number of aliphatic hydroxyl groups is 1. The molecule has 0 amide bonds. The van der Waals surface area contributed by atoms with Gasteiger partial charge < -0.3 is 10.2 Å². The first-order chi connectivity index (χ1) is 6.20. The highest BCUT2D eigenvalue weighted by Gasteiger charge is 2.05. The molecule has 4 heteroatoms. The maximum absolute atomic E-state index is 9.57. The van der Waals surface area contributed by atoms with Crippen LogP contribution in [0.4, 0.5) is 0 Å². The van der Waals surface area contributed by atoms with Gasteiger partial charge in [0.25, 0.3) is 0 Å². The van der Waals surface area contributed by atoms with Crippen molar-refractivity contribution in [1.29, 1.82) is 0 Å². The van der Waals surface area contributed by atoms with Crippen LogP contribution in [0.15, 0.2) is 22.0 Å². The van der Waals surface area contributed by atoms with Gasteiger partial charge in [0.05, 0.1) is 15.1 Å². The normalized spacial score (nSPS) is 10.9. The first-order valence-corrected chi connectivity index (χ1v) is 5.33. The summed E-state index contributed by atoms with van der Waals surface area (Å²) in [4.78, 5) is 0. The molecular formula is C9H7BrO2S. The number of hydrogen-bond acceptors (Lipinski definition) is 3. The number of aromatic hydroxyl groups is 1. The van der Waals surface area contributed by atoms with Gasteiger partial charge in [-0.15, -0.1) is 11.3 Å². The van der Waals surface area contributed by atoms with Gasteiger partial charge in [0, 0.05) is 0 Å². The minimum absolute atomic E-state index is 0.0447. The molecule has 68 valence electrons. The second-order valence-corrected chi connectivity index (χ2v) is 5.17. The maximum Gasteiger partial charge on any atom is 0.133 e. The fourth-order valence-corrected chi connectivity index (χ4v) is 2.77. The fraction of sp³-hybridized carbons (Fsp3) is 0.111. The van der Waals surface area contributed by atoms with Crippen molar-refractivity contribution in [3.8, 4) is 5.75 Å². The molecule has 13 heavy (non-hydrogen) atoms. The Morgan fingerprint density at radius 3 is 2.77 bits per heavy atom. The topological polar surface area (TPSA) is 40.5 Å². The molecule has 0 fully saturated rings. The van der Waals surface area contributed by atoms with Gasteiger partial charge >= 0.3 is 0 Å².